The smallest absolute Gasteiger partial charge is 0.338 e. The Labute approximate surface area is 140 Å². The van der Waals surface area contributed by atoms with Gasteiger partial charge in [0.2, 0.25) is 0 Å². The number of carbonyl (C=O) groups excluding carboxylic acids is 2. The average Bonchev–Trinajstić information content (AvgIpc) is 2.58. The second-order valence-corrected chi connectivity index (χ2v) is 5.07. The highest BCUT2D eigenvalue weighted by Gasteiger charge is 2.32. The lowest BCUT2D eigenvalue weighted by molar-refractivity contribution is -0.138. The molecule has 1 aliphatic heterocycles. The highest BCUT2D eigenvalue weighted by Crippen LogP contribution is 2.34. The summed E-state index contributed by atoms with van der Waals surface area (Å²) in [7, 11) is 3.05. The van der Waals surface area contributed by atoms with Crippen LogP contribution in [0, 0.1) is 0 Å². The van der Waals surface area contributed by atoms with Crippen molar-refractivity contribution < 1.29 is 23.8 Å². The van der Waals surface area contributed by atoms with E-state index in [0.29, 0.717) is 28.3 Å². The minimum Gasteiger partial charge on any atom is -0.493 e. The fourth-order valence-electron chi connectivity index (χ4n) is 2.46. The van der Waals surface area contributed by atoms with Gasteiger partial charge in [-0.2, -0.15) is 0 Å². The molecular formula is C17H20N2O5. The summed E-state index contributed by atoms with van der Waals surface area (Å²) in [5.74, 6) is 0.525. The number of methoxy groups -OCH3 is 2. The van der Waals surface area contributed by atoms with Crippen LogP contribution in [0.1, 0.15) is 18.5 Å². The zero-order valence-corrected chi connectivity index (χ0v) is 13.8. The number of carbonyl (C=O) groups is 2. The topological polar surface area (TPSA) is 85.9 Å². The summed E-state index contributed by atoms with van der Waals surface area (Å²) >= 11 is 0. The molecule has 7 heteroatoms. The molecule has 0 bridgehead atoms. The maximum Gasteiger partial charge on any atom is 0.338 e. The first-order chi connectivity index (χ1) is 11.5. The molecule has 0 saturated heterocycles. The summed E-state index contributed by atoms with van der Waals surface area (Å²) < 4.78 is 15.6. The minimum absolute atomic E-state index is 0.0855. The van der Waals surface area contributed by atoms with E-state index >= 15 is 0 Å². The van der Waals surface area contributed by atoms with Crippen LogP contribution in [-0.4, -0.2) is 32.8 Å². The van der Waals surface area contributed by atoms with Gasteiger partial charge < -0.3 is 24.8 Å². The Hall–Kier alpha value is -2.96. The fraction of sp³-hybridized carbons (Fsp3) is 0.294. The van der Waals surface area contributed by atoms with Crippen molar-refractivity contribution in [2.45, 2.75) is 13.0 Å². The zero-order chi connectivity index (χ0) is 17.7. The highest BCUT2D eigenvalue weighted by molar-refractivity contribution is 5.95. The third-order valence-electron chi connectivity index (χ3n) is 3.56. The first-order valence-electron chi connectivity index (χ1n) is 7.30. The summed E-state index contributed by atoms with van der Waals surface area (Å²) in [6, 6.07) is 4.13. The first kappa shape index (κ1) is 17.4. The van der Waals surface area contributed by atoms with Crippen LogP contribution in [0.3, 0.4) is 0 Å². The third-order valence-corrected chi connectivity index (χ3v) is 3.56. The van der Waals surface area contributed by atoms with E-state index in [1.165, 1.54) is 20.3 Å². The Balaban J connectivity index is 2.44. The molecule has 128 valence electrons. The molecule has 2 rings (SSSR count). The number of hydrogen-bond acceptors (Lipinski definition) is 5. The van der Waals surface area contributed by atoms with Gasteiger partial charge in [0.1, 0.15) is 6.61 Å². The molecule has 1 aliphatic rings. The van der Waals surface area contributed by atoms with Crippen LogP contribution >= 0.6 is 0 Å². The van der Waals surface area contributed by atoms with Gasteiger partial charge in [0.15, 0.2) is 11.5 Å². The van der Waals surface area contributed by atoms with Crippen molar-refractivity contribution in [3.63, 3.8) is 0 Å². The van der Waals surface area contributed by atoms with Gasteiger partial charge in [0, 0.05) is 5.70 Å². The Morgan fingerprint density at radius 2 is 2.00 bits per heavy atom. The number of ether oxygens (including phenoxy) is 3. The van der Waals surface area contributed by atoms with Gasteiger partial charge in [-0.1, -0.05) is 18.7 Å². The van der Waals surface area contributed by atoms with E-state index < -0.39 is 18.0 Å². The summed E-state index contributed by atoms with van der Waals surface area (Å²) in [6.45, 7) is 5.25. The van der Waals surface area contributed by atoms with Crippen molar-refractivity contribution in [1.29, 1.82) is 0 Å². The molecule has 1 aromatic rings. The van der Waals surface area contributed by atoms with Crippen LogP contribution in [0.5, 0.6) is 11.5 Å². The largest absolute Gasteiger partial charge is 0.493 e. The predicted octanol–water partition coefficient (Wildman–Crippen LogP) is 2.06. The number of amides is 2. The number of benzene rings is 1. The third kappa shape index (κ3) is 3.51. The Kier molecular flexibility index (Phi) is 5.47. The molecule has 0 saturated carbocycles. The van der Waals surface area contributed by atoms with Crippen molar-refractivity contribution in [2.75, 3.05) is 20.8 Å². The van der Waals surface area contributed by atoms with Crippen molar-refractivity contribution in [3.8, 4) is 11.5 Å². The molecule has 2 N–H and O–H groups in total. The van der Waals surface area contributed by atoms with E-state index in [9.17, 15) is 9.59 Å². The van der Waals surface area contributed by atoms with Gasteiger partial charge in [-0.15, -0.1) is 0 Å². The van der Waals surface area contributed by atoms with Crippen LogP contribution < -0.4 is 20.1 Å². The fourth-order valence-corrected chi connectivity index (χ4v) is 2.46. The molecule has 0 aliphatic carbocycles. The van der Waals surface area contributed by atoms with E-state index in [-0.39, 0.29) is 6.61 Å². The predicted molar refractivity (Wildman–Crippen MR) is 87.8 cm³/mol. The molecule has 0 radical (unpaired) electrons. The van der Waals surface area contributed by atoms with Crippen molar-refractivity contribution >= 4 is 12.0 Å². The number of hydrogen-bond donors (Lipinski definition) is 2. The van der Waals surface area contributed by atoms with Crippen LogP contribution in [0.2, 0.25) is 0 Å². The zero-order valence-electron chi connectivity index (χ0n) is 13.8. The van der Waals surface area contributed by atoms with E-state index in [0.717, 1.165) is 0 Å². The van der Waals surface area contributed by atoms with Gasteiger partial charge >= 0.3 is 12.0 Å². The quantitative estimate of drug-likeness (QED) is 0.615. The lowest BCUT2D eigenvalue weighted by Crippen LogP contribution is -2.45. The van der Waals surface area contributed by atoms with Gasteiger partial charge in [-0.3, -0.25) is 0 Å². The Bertz CT molecular complexity index is 696. The van der Waals surface area contributed by atoms with E-state index in [1.807, 2.05) is 0 Å². The monoisotopic (exact) mass is 332 g/mol. The number of nitrogens with one attached hydrogen (secondary N) is 2. The summed E-state index contributed by atoms with van der Waals surface area (Å²) in [4.78, 5) is 24.2. The number of allylic oxidation sites excluding steroid dienone is 1. The molecule has 1 aromatic carbocycles. The lowest BCUT2D eigenvalue weighted by Gasteiger charge is -2.28. The summed E-state index contributed by atoms with van der Waals surface area (Å²) in [6.07, 6.45) is 1.48. The van der Waals surface area contributed by atoms with E-state index in [1.54, 1.807) is 25.1 Å². The van der Waals surface area contributed by atoms with Crippen molar-refractivity contribution in [1.82, 2.24) is 10.6 Å². The second-order valence-electron chi connectivity index (χ2n) is 5.07. The molecule has 0 spiro atoms. The van der Waals surface area contributed by atoms with Crippen LogP contribution in [0.15, 0.2) is 42.1 Å². The van der Waals surface area contributed by atoms with Crippen LogP contribution in [0.4, 0.5) is 4.79 Å². The molecule has 24 heavy (non-hydrogen) atoms. The van der Waals surface area contributed by atoms with Gasteiger partial charge in [0.05, 0.1) is 25.8 Å². The number of rotatable bonds is 6. The van der Waals surface area contributed by atoms with Crippen LogP contribution in [0.25, 0.3) is 0 Å². The van der Waals surface area contributed by atoms with E-state index in [2.05, 4.69) is 17.2 Å². The van der Waals surface area contributed by atoms with Gasteiger partial charge in [-0.25, -0.2) is 9.59 Å². The van der Waals surface area contributed by atoms with Crippen molar-refractivity contribution in [2.24, 2.45) is 0 Å². The maximum atomic E-state index is 12.4. The number of urea groups is 1. The summed E-state index contributed by atoms with van der Waals surface area (Å²) in [5.41, 5.74) is 1.43. The van der Waals surface area contributed by atoms with E-state index in [4.69, 9.17) is 14.2 Å². The Morgan fingerprint density at radius 1 is 1.29 bits per heavy atom. The Morgan fingerprint density at radius 3 is 2.62 bits per heavy atom. The maximum absolute atomic E-state index is 12.4. The first-order valence-corrected chi connectivity index (χ1v) is 7.30. The minimum atomic E-state index is -0.657. The summed E-state index contributed by atoms with van der Waals surface area (Å²) in [5, 5.41) is 5.31. The molecule has 1 atom stereocenters. The van der Waals surface area contributed by atoms with Gasteiger partial charge in [0.25, 0.3) is 0 Å². The van der Waals surface area contributed by atoms with Crippen LogP contribution in [-0.2, 0) is 9.53 Å². The molecule has 0 fully saturated rings. The molecule has 1 heterocycles. The lowest BCUT2D eigenvalue weighted by atomic mass is 9.95. The molecule has 2 amide bonds. The molecule has 0 unspecified atom stereocenters. The highest BCUT2D eigenvalue weighted by atomic mass is 16.5. The standard InChI is InChI=1S/C17H20N2O5/c1-5-8-24-16(20)14-10(2)18-17(21)19-15(14)11-6-7-12(22-3)13(9-11)23-4/h5-7,9,15H,1,8H2,2-4H3,(H2,18,19,21)/t15-/m1/s1. The number of esters is 1. The van der Waals surface area contributed by atoms with Gasteiger partial charge in [-0.05, 0) is 24.6 Å². The van der Waals surface area contributed by atoms with Crippen molar-refractivity contribution in [3.05, 3.63) is 47.7 Å². The SMILES string of the molecule is C=CCOC(=O)C1=C(C)NC(=O)N[C@@H]1c1ccc(OC)c(OC)c1. The molecule has 7 nitrogen and oxygen atoms in total. The second kappa shape index (κ2) is 7.54. The molecule has 0 aromatic heterocycles. The molecular weight excluding hydrogens is 312 g/mol. The average molecular weight is 332 g/mol. The normalized spacial score (nSPS) is 16.8.